The number of alkyl halides is 3. The molecular formula is C13H25F3N2O. The summed E-state index contributed by atoms with van der Waals surface area (Å²) < 4.78 is 44.3. The van der Waals surface area contributed by atoms with Gasteiger partial charge in [-0.1, -0.05) is 19.8 Å². The Hall–Kier alpha value is -0.330. The molecule has 1 rings (SSSR count). The summed E-state index contributed by atoms with van der Waals surface area (Å²) in [6, 6.07) is -0.304. The molecule has 19 heavy (non-hydrogen) atoms. The molecule has 0 radical (unpaired) electrons. The Balaban J connectivity index is 2.75. The fraction of sp³-hybridized carbons (Fsp3) is 1.00. The lowest BCUT2D eigenvalue weighted by atomic mass is 9.71. The van der Waals surface area contributed by atoms with Crippen molar-refractivity contribution in [1.82, 2.24) is 5.43 Å². The maximum Gasteiger partial charge on any atom is 0.392 e. The van der Waals surface area contributed by atoms with Gasteiger partial charge in [0.25, 0.3) is 0 Å². The summed E-state index contributed by atoms with van der Waals surface area (Å²) in [5.41, 5.74) is 2.63. The number of nitrogens with one attached hydrogen (secondary N) is 1. The molecule has 114 valence electrons. The zero-order valence-electron chi connectivity index (χ0n) is 11.7. The van der Waals surface area contributed by atoms with Gasteiger partial charge in [0.05, 0.1) is 5.92 Å². The van der Waals surface area contributed by atoms with Crippen LogP contribution in [0, 0.1) is 17.8 Å². The lowest BCUT2D eigenvalue weighted by Gasteiger charge is -2.40. The Morgan fingerprint density at radius 2 is 1.95 bits per heavy atom. The number of hydrogen-bond acceptors (Lipinski definition) is 3. The molecule has 0 heterocycles. The van der Waals surface area contributed by atoms with E-state index in [0.717, 1.165) is 6.42 Å². The maximum absolute atomic E-state index is 13.1. The van der Waals surface area contributed by atoms with Crippen molar-refractivity contribution in [1.29, 1.82) is 0 Å². The quantitative estimate of drug-likeness (QED) is 0.582. The first-order valence-corrected chi connectivity index (χ1v) is 6.93. The van der Waals surface area contributed by atoms with Gasteiger partial charge < -0.3 is 4.74 Å². The molecule has 6 heteroatoms. The van der Waals surface area contributed by atoms with Crippen molar-refractivity contribution in [2.24, 2.45) is 23.6 Å². The topological polar surface area (TPSA) is 47.3 Å². The van der Waals surface area contributed by atoms with Gasteiger partial charge in [0.2, 0.25) is 0 Å². The summed E-state index contributed by atoms with van der Waals surface area (Å²) in [6.45, 7) is 2.48. The Kier molecular flexibility index (Phi) is 6.56. The van der Waals surface area contributed by atoms with Crippen LogP contribution in [-0.2, 0) is 4.74 Å². The Morgan fingerprint density at radius 3 is 2.47 bits per heavy atom. The van der Waals surface area contributed by atoms with Crippen LogP contribution in [0.1, 0.15) is 39.0 Å². The minimum Gasteiger partial charge on any atom is -0.385 e. The first-order chi connectivity index (χ1) is 8.91. The van der Waals surface area contributed by atoms with E-state index < -0.39 is 18.0 Å². The lowest BCUT2D eigenvalue weighted by Crippen LogP contribution is -2.51. The molecule has 0 amide bonds. The van der Waals surface area contributed by atoms with Crippen LogP contribution in [0.2, 0.25) is 0 Å². The van der Waals surface area contributed by atoms with E-state index in [9.17, 15) is 13.2 Å². The molecule has 1 fully saturated rings. The van der Waals surface area contributed by atoms with Gasteiger partial charge in [-0.25, -0.2) is 0 Å². The van der Waals surface area contributed by atoms with Crippen molar-refractivity contribution in [3.05, 3.63) is 0 Å². The van der Waals surface area contributed by atoms with E-state index in [1.165, 1.54) is 0 Å². The highest BCUT2D eigenvalue weighted by molar-refractivity contribution is 4.89. The zero-order valence-corrected chi connectivity index (χ0v) is 11.7. The van der Waals surface area contributed by atoms with Crippen molar-refractivity contribution in [3.8, 4) is 0 Å². The predicted molar refractivity (Wildman–Crippen MR) is 68.3 cm³/mol. The van der Waals surface area contributed by atoms with Crippen molar-refractivity contribution >= 4 is 0 Å². The number of ether oxygens (including phenoxy) is 1. The molecule has 1 aliphatic carbocycles. The SMILES string of the molecule is COCCC(C)C(NN)C1CCCCC1C(F)(F)F. The maximum atomic E-state index is 13.1. The van der Waals surface area contributed by atoms with Crippen molar-refractivity contribution in [2.45, 2.75) is 51.2 Å². The molecule has 0 bridgehead atoms. The molecular weight excluding hydrogens is 257 g/mol. The number of hydrazine groups is 1. The molecule has 4 unspecified atom stereocenters. The van der Waals surface area contributed by atoms with Crippen LogP contribution in [-0.4, -0.2) is 25.9 Å². The molecule has 0 aromatic carbocycles. The highest BCUT2D eigenvalue weighted by atomic mass is 19.4. The third-order valence-corrected chi connectivity index (χ3v) is 4.28. The van der Waals surface area contributed by atoms with Gasteiger partial charge in [0.15, 0.2) is 0 Å². The molecule has 0 spiro atoms. The second-order valence-corrected chi connectivity index (χ2v) is 5.55. The molecule has 0 aromatic heterocycles. The Morgan fingerprint density at radius 1 is 1.32 bits per heavy atom. The lowest BCUT2D eigenvalue weighted by molar-refractivity contribution is -0.200. The molecule has 0 saturated heterocycles. The Labute approximate surface area is 113 Å². The zero-order chi connectivity index (χ0) is 14.5. The smallest absolute Gasteiger partial charge is 0.385 e. The largest absolute Gasteiger partial charge is 0.392 e. The van der Waals surface area contributed by atoms with Gasteiger partial charge in [0, 0.05) is 19.8 Å². The highest BCUT2D eigenvalue weighted by Crippen LogP contribution is 2.44. The summed E-state index contributed by atoms with van der Waals surface area (Å²) in [5, 5.41) is 0. The molecule has 4 atom stereocenters. The summed E-state index contributed by atoms with van der Waals surface area (Å²) in [5.74, 6) is 3.94. The van der Waals surface area contributed by atoms with Crippen molar-refractivity contribution < 1.29 is 17.9 Å². The van der Waals surface area contributed by atoms with Gasteiger partial charge in [0.1, 0.15) is 0 Å². The molecule has 0 aliphatic heterocycles. The number of halogens is 3. The second-order valence-electron chi connectivity index (χ2n) is 5.55. The monoisotopic (exact) mass is 282 g/mol. The van der Waals surface area contributed by atoms with Gasteiger partial charge in [-0.3, -0.25) is 11.3 Å². The van der Waals surface area contributed by atoms with Crippen LogP contribution in [0.25, 0.3) is 0 Å². The van der Waals surface area contributed by atoms with Crippen LogP contribution in [0.3, 0.4) is 0 Å². The summed E-state index contributed by atoms with van der Waals surface area (Å²) >= 11 is 0. The van der Waals surface area contributed by atoms with Gasteiger partial charge in [-0.05, 0) is 31.1 Å². The van der Waals surface area contributed by atoms with Crippen molar-refractivity contribution in [3.63, 3.8) is 0 Å². The fourth-order valence-corrected chi connectivity index (χ4v) is 3.19. The van der Waals surface area contributed by atoms with E-state index in [4.69, 9.17) is 10.6 Å². The Bertz CT molecular complexity index is 261. The number of hydrogen-bond donors (Lipinski definition) is 2. The van der Waals surface area contributed by atoms with Crippen LogP contribution in [0.5, 0.6) is 0 Å². The number of nitrogens with two attached hydrogens (primary N) is 1. The first kappa shape index (κ1) is 16.7. The minimum absolute atomic E-state index is 0.0675. The fourth-order valence-electron chi connectivity index (χ4n) is 3.19. The first-order valence-electron chi connectivity index (χ1n) is 6.93. The normalized spacial score (nSPS) is 28.1. The molecule has 3 nitrogen and oxygen atoms in total. The van der Waals surface area contributed by atoms with Crippen LogP contribution in [0.4, 0.5) is 13.2 Å². The predicted octanol–water partition coefficient (Wildman–Crippen LogP) is 2.86. The van der Waals surface area contributed by atoms with Gasteiger partial charge >= 0.3 is 6.18 Å². The highest BCUT2D eigenvalue weighted by Gasteiger charge is 2.48. The molecule has 1 saturated carbocycles. The van der Waals surface area contributed by atoms with Crippen LogP contribution in [0.15, 0.2) is 0 Å². The summed E-state index contributed by atoms with van der Waals surface area (Å²) in [4.78, 5) is 0. The van der Waals surface area contributed by atoms with Crippen molar-refractivity contribution in [2.75, 3.05) is 13.7 Å². The average molecular weight is 282 g/mol. The van der Waals surface area contributed by atoms with E-state index in [1.54, 1.807) is 7.11 Å². The minimum atomic E-state index is -4.12. The van der Waals surface area contributed by atoms with Gasteiger partial charge in [-0.15, -0.1) is 0 Å². The van der Waals surface area contributed by atoms with E-state index in [2.05, 4.69) is 5.43 Å². The second kappa shape index (κ2) is 7.45. The van der Waals surface area contributed by atoms with E-state index in [1.807, 2.05) is 6.92 Å². The standard InChI is InChI=1S/C13H25F3N2O/c1-9(7-8-19-2)12(18-17)10-5-3-4-6-11(10)13(14,15)16/h9-12,18H,3-8,17H2,1-2H3. The third kappa shape index (κ3) is 4.61. The van der Waals surface area contributed by atoms with Crippen LogP contribution >= 0.6 is 0 Å². The van der Waals surface area contributed by atoms with Crippen LogP contribution < -0.4 is 11.3 Å². The number of methoxy groups -OCH3 is 1. The summed E-state index contributed by atoms with van der Waals surface area (Å²) in [6.07, 6.45) is -1.08. The molecule has 1 aliphatic rings. The average Bonchev–Trinajstić information content (AvgIpc) is 2.36. The molecule has 0 aromatic rings. The molecule has 3 N–H and O–H groups in total. The van der Waals surface area contributed by atoms with E-state index >= 15 is 0 Å². The number of rotatable bonds is 6. The van der Waals surface area contributed by atoms with E-state index in [0.29, 0.717) is 25.9 Å². The third-order valence-electron chi connectivity index (χ3n) is 4.28. The van der Waals surface area contributed by atoms with E-state index in [-0.39, 0.29) is 18.4 Å². The summed E-state index contributed by atoms with van der Waals surface area (Å²) in [7, 11) is 1.59. The van der Waals surface area contributed by atoms with Gasteiger partial charge in [-0.2, -0.15) is 13.2 Å².